The number of ether oxygens (including phenoxy) is 1. The second kappa shape index (κ2) is 12.7. The molecule has 228 valence electrons. The number of halogens is 7. The summed E-state index contributed by atoms with van der Waals surface area (Å²) in [4.78, 5) is 37.1. The minimum Gasteiger partial charge on any atom is -0.464 e. The fraction of sp³-hybridized carbons (Fsp3) is 0.300. The summed E-state index contributed by atoms with van der Waals surface area (Å²) in [5, 5.41) is 5.88. The fourth-order valence-electron chi connectivity index (χ4n) is 4.72. The van der Waals surface area contributed by atoms with Gasteiger partial charge in [0.2, 0.25) is 5.91 Å². The summed E-state index contributed by atoms with van der Waals surface area (Å²) < 4.78 is 56.5. The van der Waals surface area contributed by atoms with E-state index in [-0.39, 0.29) is 46.6 Å². The first-order valence-electron chi connectivity index (χ1n) is 12.9. The van der Waals surface area contributed by atoms with E-state index in [1.54, 1.807) is 12.1 Å². The Hall–Kier alpha value is -3.34. The molecule has 2 N–H and O–H groups in total. The van der Waals surface area contributed by atoms with Crippen molar-refractivity contribution in [3.63, 3.8) is 0 Å². The lowest BCUT2D eigenvalue weighted by molar-refractivity contribution is -0.141. The van der Waals surface area contributed by atoms with Crippen LogP contribution in [0.2, 0.25) is 5.02 Å². The lowest BCUT2D eigenvalue weighted by atomic mass is 9.98. The van der Waals surface area contributed by atoms with Gasteiger partial charge in [0.15, 0.2) is 5.78 Å². The maximum absolute atomic E-state index is 13.8. The van der Waals surface area contributed by atoms with Gasteiger partial charge in [0.25, 0.3) is 0 Å². The van der Waals surface area contributed by atoms with Gasteiger partial charge in [-0.3, -0.25) is 14.4 Å². The van der Waals surface area contributed by atoms with Gasteiger partial charge >= 0.3 is 12.1 Å². The van der Waals surface area contributed by atoms with Crippen LogP contribution in [0.25, 0.3) is 0 Å². The number of Topliss-reactive ketones (excluding diaryl/α,β-unsaturated/α-hetero) is 1. The highest BCUT2D eigenvalue weighted by Crippen LogP contribution is 2.65. The monoisotopic (exact) mass is 658 g/mol. The zero-order chi connectivity index (χ0) is 31.7. The Morgan fingerprint density at radius 3 is 2.35 bits per heavy atom. The second-order valence-corrected chi connectivity index (χ2v) is 11.9. The Balaban J connectivity index is 1.44. The molecule has 43 heavy (non-hydrogen) atoms. The number of aryl methyl sites for hydroxylation is 1. The molecule has 6 nitrogen and oxygen atoms in total. The van der Waals surface area contributed by atoms with Gasteiger partial charge in [0.05, 0.1) is 16.5 Å². The molecule has 1 fully saturated rings. The normalized spacial score (nSPS) is 17.2. The Kier molecular flexibility index (Phi) is 9.63. The lowest BCUT2D eigenvalue weighted by Gasteiger charge is -2.12. The van der Waals surface area contributed by atoms with Gasteiger partial charge in [-0.15, -0.1) is 23.2 Å². The molecule has 3 aromatic carbocycles. The van der Waals surface area contributed by atoms with Crippen LogP contribution in [0.15, 0.2) is 54.6 Å². The average molecular weight is 660 g/mol. The smallest absolute Gasteiger partial charge is 0.419 e. The summed E-state index contributed by atoms with van der Waals surface area (Å²) >= 11 is 18.8. The van der Waals surface area contributed by atoms with E-state index >= 15 is 0 Å². The van der Waals surface area contributed by atoms with Gasteiger partial charge in [0, 0.05) is 42.7 Å². The topological polar surface area (TPSA) is 84.5 Å². The zero-order valence-electron chi connectivity index (χ0n) is 22.8. The van der Waals surface area contributed by atoms with Gasteiger partial charge < -0.3 is 15.4 Å². The summed E-state index contributed by atoms with van der Waals surface area (Å²) in [7, 11) is 0. The van der Waals surface area contributed by atoms with Crippen molar-refractivity contribution in [1.82, 2.24) is 0 Å². The van der Waals surface area contributed by atoms with Crippen molar-refractivity contribution < 1.29 is 36.7 Å². The molecule has 0 spiro atoms. The third-order valence-corrected chi connectivity index (χ3v) is 8.23. The van der Waals surface area contributed by atoms with E-state index in [9.17, 15) is 31.9 Å². The average Bonchev–Trinajstić information content (AvgIpc) is 3.50. The van der Waals surface area contributed by atoms with Gasteiger partial charge in [-0.25, -0.2) is 4.39 Å². The van der Waals surface area contributed by atoms with E-state index in [1.807, 2.05) is 13.0 Å². The summed E-state index contributed by atoms with van der Waals surface area (Å²) in [5.41, 5.74) is 1.19. The number of amides is 1. The van der Waals surface area contributed by atoms with Gasteiger partial charge in [-0.2, -0.15) is 13.2 Å². The van der Waals surface area contributed by atoms with Crippen LogP contribution in [0.5, 0.6) is 0 Å². The van der Waals surface area contributed by atoms with E-state index < -0.39 is 39.6 Å². The number of alkyl halides is 5. The highest BCUT2D eigenvalue weighted by Gasteiger charge is 2.67. The van der Waals surface area contributed by atoms with Crippen LogP contribution in [0.1, 0.15) is 45.5 Å². The largest absolute Gasteiger partial charge is 0.464 e. The maximum Gasteiger partial charge on any atom is 0.419 e. The lowest BCUT2D eigenvalue weighted by Crippen LogP contribution is -2.17. The molecular formula is C30H25Cl3F4N2O4. The molecule has 1 aliphatic rings. The van der Waals surface area contributed by atoms with E-state index in [4.69, 9.17) is 39.5 Å². The number of rotatable bonds is 10. The standard InChI is InChI=1S/C30H25Cl3F4N2O4/c1-15-11-19(38-9-10-43-16(2)40)5-3-17(15)13-25(41)21-14-20(6-7-23(21)31)39-28(42)27-26(29(27,32)33)18-4-8-24(34)22(12-18)30(35,36)37/h3-8,11-12,14,26-27,38H,9-10,13H2,1-2H3,(H,39,42)/t26-,27+/m0/s1. The Labute approximate surface area is 259 Å². The third kappa shape index (κ3) is 7.60. The Bertz CT molecular complexity index is 1580. The van der Waals surface area contributed by atoms with Crippen molar-refractivity contribution in [2.45, 2.75) is 36.7 Å². The van der Waals surface area contributed by atoms with Crippen molar-refractivity contribution in [3.05, 3.63) is 93.3 Å². The molecule has 0 aromatic heterocycles. The van der Waals surface area contributed by atoms with Crippen LogP contribution in [-0.2, 0) is 26.9 Å². The van der Waals surface area contributed by atoms with E-state index in [0.717, 1.165) is 22.9 Å². The predicted octanol–water partition coefficient (Wildman–Crippen LogP) is 7.73. The molecule has 0 heterocycles. The molecule has 0 aliphatic heterocycles. The SMILES string of the molecule is CC(=O)OCCNc1ccc(CC(=O)c2cc(NC(=O)[C@H]3[C@H](c4ccc(F)c(C(F)(F)F)c4)C3(Cl)Cl)ccc2Cl)c(C)c1. The van der Waals surface area contributed by atoms with Crippen LogP contribution in [0.4, 0.5) is 28.9 Å². The number of carbonyl (C=O) groups excluding carboxylic acids is 3. The molecule has 2 atom stereocenters. The molecule has 0 bridgehead atoms. The fourth-order valence-corrected chi connectivity index (χ4v) is 5.77. The summed E-state index contributed by atoms with van der Waals surface area (Å²) in [6.07, 6.45) is -4.93. The van der Waals surface area contributed by atoms with Crippen LogP contribution >= 0.6 is 34.8 Å². The van der Waals surface area contributed by atoms with Crippen molar-refractivity contribution in [2.75, 3.05) is 23.8 Å². The number of anilines is 2. The van der Waals surface area contributed by atoms with Crippen molar-refractivity contribution in [1.29, 1.82) is 0 Å². The first-order chi connectivity index (χ1) is 20.1. The number of carbonyl (C=O) groups is 3. The third-order valence-electron chi connectivity index (χ3n) is 6.96. The number of hydrogen-bond acceptors (Lipinski definition) is 5. The number of esters is 1. The maximum atomic E-state index is 13.8. The first kappa shape index (κ1) is 32.6. The predicted molar refractivity (Wildman–Crippen MR) is 156 cm³/mol. The molecule has 1 saturated carbocycles. The van der Waals surface area contributed by atoms with E-state index in [1.165, 1.54) is 25.1 Å². The molecule has 1 amide bonds. The van der Waals surface area contributed by atoms with Crippen molar-refractivity contribution >= 4 is 63.8 Å². The van der Waals surface area contributed by atoms with Gasteiger partial charge in [0.1, 0.15) is 16.8 Å². The van der Waals surface area contributed by atoms with Gasteiger partial charge in [-0.1, -0.05) is 23.7 Å². The molecule has 13 heteroatoms. The van der Waals surface area contributed by atoms with Crippen LogP contribution in [0, 0.1) is 18.7 Å². The van der Waals surface area contributed by atoms with Gasteiger partial charge in [-0.05, 0) is 66.1 Å². The number of hydrogen-bond donors (Lipinski definition) is 2. The van der Waals surface area contributed by atoms with E-state index in [2.05, 4.69) is 10.6 Å². The quantitative estimate of drug-likeness (QED) is 0.0765. The number of benzene rings is 3. The van der Waals surface area contributed by atoms with Crippen LogP contribution < -0.4 is 10.6 Å². The zero-order valence-corrected chi connectivity index (χ0v) is 25.0. The summed E-state index contributed by atoms with van der Waals surface area (Å²) in [6, 6.07) is 12.1. The molecule has 4 rings (SSSR count). The summed E-state index contributed by atoms with van der Waals surface area (Å²) in [5.74, 6) is -5.00. The Morgan fingerprint density at radius 2 is 1.70 bits per heavy atom. The van der Waals surface area contributed by atoms with Crippen molar-refractivity contribution in [2.24, 2.45) is 5.92 Å². The van der Waals surface area contributed by atoms with Crippen LogP contribution in [-0.4, -0.2) is 35.1 Å². The first-order valence-corrected chi connectivity index (χ1v) is 14.1. The molecule has 0 unspecified atom stereocenters. The van der Waals surface area contributed by atoms with Crippen molar-refractivity contribution in [3.8, 4) is 0 Å². The molecule has 1 aliphatic carbocycles. The molecule has 0 radical (unpaired) electrons. The summed E-state index contributed by atoms with van der Waals surface area (Å²) in [6.45, 7) is 3.80. The molecular weight excluding hydrogens is 635 g/mol. The minimum absolute atomic E-state index is 0.0138. The number of ketones is 1. The van der Waals surface area contributed by atoms with Crippen LogP contribution in [0.3, 0.4) is 0 Å². The Morgan fingerprint density at radius 1 is 1.00 bits per heavy atom. The highest BCUT2D eigenvalue weighted by molar-refractivity contribution is 6.53. The minimum atomic E-state index is -4.94. The second-order valence-electron chi connectivity index (χ2n) is 10.1. The molecule has 3 aromatic rings. The number of nitrogens with one attached hydrogen (secondary N) is 2. The highest BCUT2D eigenvalue weighted by atomic mass is 35.5. The van der Waals surface area contributed by atoms with E-state index in [0.29, 0.717) is 18.7 Å². The molecule has 0 saturated heterocycles.